The normalized spacial score (nSPS) is 15.1. The molecule has 0 fully saturated rings. The number of quaternary nitrogens is 1. The first-order valence-corrected chi connectivity index (χ1v) is 7.98. The predicted molar refractivity (Wildman–Crippen MR) is 58.5 cm³/mol. The van der Waals surface area contributed by atoms with Gasteiger partial charge in [0.2, 0.25) is 7.46 Å². The van der Waals surface area contributed by atoms with Crippen LogP contribution in [-0.4, -0.2) is 54.0 Å². The van der Waals surface area contributed by atoms with E-state index in [9.17, 15) is 9.46 Å². The Hall–Kier alpha value is 0.200. The highest BCUT2D eigenvalue weighted by Crippen LogP contribution is 2.58. The predicted octanol–water partition coefficient (Wildman–Crippen LogP) is -0.291. The lowest BCUT2D eigenvalue weighted by Crippen LogP contribution is -2.40. The first-order chi connectivity index (χ1) is 6.58. The minimum absolute atomic E-state index is 0.0201. The molecule has 8 heteroatoms. The number of likely N-dealkylation sites (N-methyl/N-ethyl adjacent to an activating group) is 1. The standard InChI is InChI=1S/C7H17NO5P2/c1-5-13-7(6-8(2,3)4)14(9)15(10,11)12/h5-6H2,1-4H3,(H-,10,11,12)/p+1. The highest BCUT2D eigenvalue weighted by molar-refractivity contribution is 8.24. The van der Waals surface area contributed by atoms with Crippen molar-refractivity contribution >= 4 is 20.2 Å². The lowest BCUT2D eigenvalue weighted by atomic mass is 10.5. The van der Waals surface area contributed by atoms with Crippen molar-refractivity contribution in [1.82, 2.24) is 0 Å². The van der Waals surface area contributed by atoms with Crippen molar-refractivity contribution in [3.8, 4) is 0 Å². The van der Waals surface area contributed by atoms with Crippen molar-refractivity contribution < 1.29 is 28.5 Å². The maximum Gasteiger partial charge on any atom is 0.520 e. The summed E-state index contributed by atoms with van der Waals surface area (Å²) in [5.41, 5.74) is -0.0201. The summed E-state index contributed by atoms with van der Waals surface area (Å²) in [7, 11) is -1.89. The van der Waals surface area contributed by atoms with Gasteiger partial charge in [-0.15, -0.1) is 0 Å². The fourth-order valence-electron chi connectivity index (χ4n) is 0.879. The molecule has 0 aliphatic heterocycles. The average Bonchev–Trinajstić information content (AvgIpc) is 1.98. The number of hydrogen-bond acceptors (Lipinski definition) is 3. The number of ether oxygens (including phenoxy) is 1. The zero-order valence-corrected chi connectivity index (χ0v) is 11.2. The Bertz CT molecular complexity index is 290. The number of nitrogens with zero attached hydrogens (tertiary/aromatic N) is 1. The smallest absolute Gasteiger partial charge is 0.520 e. The second-order valence-electron chi connectivity index (χ2n) is 4.06. The van der Waals surface area contributed by atoms with E-state index in [2.05, 4.69) is 0 Å². The number of hydrogen-bond donors (Lipinski definition) is 2. The van der Waals surface area contributed by atoms with E-state index in [-0.39, 0.29) is 18.6 Å². The van der Waals surface area contributed by atoms with Gasteiger partial charge in [-0.3, -0.25) is 9.79 Å². The Kier molecular flexibility index (Phi) is 5.58. The summed E-state index contributed by atoms with van der Waals surface area (Å²) in [5, 5.41) is 0. The third-order valence-corrected chi connectivity index (χ3v) is 4.63. The monoisotopic (exact) mass is 258 g/mol. The molecule has 0 aromatic carbocycles. The van der Waals surface area contributed by atoms with Gasteiger partial charge in [0.05, 0.1) is 27.7 Å². The van der Waals surface area contributed by atoms with Gasteiger partial charge in [0.1, 0.15) is 0 Å². The van der Waals surface area contributed by atoms with E-state index in [1.165, 1.54) is 0 Å². The van der Waals surface area contributed by atoms with E-state index in [4.69, 9.17) is 14.5 Å². The molecule has 2 N–H and O–H groups in total. The molecule has 0 aliphatic rings. The van der Waals surface area contributed by atoms with Crippen molar-refractivity contribution in [3.05, 3.63) is 0 Å². The van der Waals surface area contributed by atoms with Crippen LogP contribution in [0.25, 0.3) is 0 Å². The molecule has 0 radical (unpaired) electrons. The minimum atomic E-state index is -4.59. The molecule has 15 heavy (non-hydrogen) atoms. The Morgan fingerprint density at radius 2 is 1.93 bits per heavy atom. The summed E-state index contributed by atoms with van der Waals surface area (Å²) in [5.74, 6) is 0. The summed E-state index contributed by atoms with van der Waals surface area (Å²) in [6, 6.07) is 0. The van der Waals surface area contributed by atoms with Gasteiger partial charge < -0.3 is 14.1 Å². The van der Waals surface area contributed by atoms with Gasteiger partial charge in [-0.05, 0) is 6.92 Å². The summed E-state index contributed by atoms with van der Waals surface area (Å²) >= 11 is 0. The lowest BCUT2D eigenvalue weighted by molar-refractivity contribution is -0.861. The van der Waals surface area contributed by atoms with Crippen LogP contribution in [0.4, 0.5) is 0 Å². The zero-order valence-electron chi connectivity index (χ0n) is 9.38. The van der Waals surface area contributed by atoms with Crippen LogP contribution in [0.1, 0.15) is 6.92 Å². The van der Waals surface area contributed by atoms with Crippen molar-refractivity contribution in [2.75, 3.05) is 34.3 Å². The lowest BCUT2D eigenvalue weighted by Gasteiger charge is -2.23. The van der Waals surface area contributed by atoms with E-state index in [1.807, 2.05) is 21.1 Å². The van der Waals surface area contributed by atoms with Crippen LogP contribution in [0.3, 0.4) is 0 Å². The quantitative estimate of drug-likeness (QED) is 0.522. The van der Waals surface area contributed by atoms with Crippen LogP contribution in [0.2, 0.25) is 0 Å². The van der Waals surface area contributed by atoms with E-state index in [1.54, 1.807) is 6.92 Å². The highest BCUT2D eigenvalue weighted by Gasteiger charge is 2.33. The van der Waals surface area contributed by atoms with Gasteiger partial charge in [-0.1, -0.05) is 0 Å². The zero-order chi connectivity index (χ0) is 12.3. The van der Waals surface area contributed by atoms with Crippen LogP contribution in [0.5, 0.6) is 0 Å². The van der Waals surface area contributed by atoms with E-state index in [0.717, 1.165) is 0 Å². The molecule has 6 nitrogen and oxygen atoms in total. The maximum absolute atomic E-state index is 11.4. The van der Waals surface area contributed by atoms with Crippen LogP contribution >= 0.6 is 14.7 Å². The molecule has 0 spiro atoms. The largest absolute Gasteiger partial charge is 0.621 e. The van der Waals surface area contributed by atoms with Crippen molar-refractivity contribution in [3.63, 3.8) is 0 Å². The van der Waals surface area contributed by atoms with E-state index >= 15 is 0 Å². The molecule has 0 amide bonds. The van der Waals surface area contributed by atoms with Gasteiger partial charge in [0.15, 0.2) is 6.54 Å². The Labute approximate surface area is 90.6 Å². The molecular weight excluding hydrogens is 240 g/mol. The molecule has 0 aromatic heterocycles. The fourth-order valence-corrected chi connectivity index (χ4v) is 3.19. The van der Waals surface area contributed by atoms with Crippen LogP contribution in [0, 0.1) is 0 Å². The Balaban J connectivity index is 5.04. The van der Waals surface area contributed by atoms with Gasteiger partial charge in [0, 0.05) is 0 Å². The molecule has 0 saturated heterocycles. The first kappa shape index (κ1) is 15.2. The average molecular weight is 258 g/mol. The van der Waals surface area contributed by atoms with E-state index < -0.39 is 14.7 Å². The molecule has 1 atom stereocenters. The number of rotatable bonds is 5. The molecular formula is C7H18NO5P2+. The summed E-state index contributed by atoms with van der Waals surface area (Å²) < 4.78 is 16.3. The van der Waals surface area contributed by atoms with E-state index in [0.29, 0.717) is 4.48 Å². The van der Waals surface area contributed by atoms with Gasteiger partial charge >= 0.3 is 7.28 Å². The second kappa shape index (κ2) is 5.51. The molecule has 0 heterocycles. The summed E-state index contributed by atoms with van der Waals surface area (Å²) in [4.78, 5) is 29.0. The molecule has 1 unspecified atom stereocenters. The summed E-state index contributed by atoms with van der Waals surface area (Å²) in [6.07, 6.45) is 0. The molecule has 0 aliphatic carbocycles. The third kappa shape index (κ3) is 6.38. The van der Waals surface area contributed by atoms with Crippen LogP contribution < -0.4 is 4.89 Å². The van der Waals surface area contributed by atoms with Gasteiger partial charge in [-0.25, -0.2) is 4.57 Å². The molecule has 90 valence electrons. The van der Waals surface area contributed by atoms with Crippen molar-refractivity contribution in [2.45, 2.75) is 6.92 Å². The van der Waals surface area contributed by atoms with Crippen molar-refractivity contribution in [1.29, 1.82) is 0 Å². The molecule has 0 rings (SSSR count). The molecule has 0 saturated carbocycles. The topological polar surface area (TPSA) is 89.8 Å². The second-order valence-corrected chi connectivity index (χ2v) is 8.79. The highest BCUT2D eigenvalue weighted by atomic mass is 32.1. The van der Waals surface area contributed by atoms with Crippen molar-refractivity contribution in [2.24, 2.45) is 0 Å². The third-order valence-electron chi connectivity index (χ3n) is 1.37. The summed E-state index contributed by atoms with van der Waals surface area (Å²) in [6.45, 7) is 2.14. The maximum atomic E-state index is 11.4. The van der Waals surface area contributed by atoms with Crippen LogP contribution in [0.15, 0.2) is 0 Å². The van der Waals surface area contributed by atoms with Gasteiger partial charge in [0.25, 0.3) is 5.48 Å². The molecule has 0 aromatic rings. The van der Waals surface area contributed by atoms with Gasteiger partial charge in [-0.2, -0.15) is 0 Å². The minimum Gasteiger partial charge on any atom is -0.621 e. The van der Waals surface area contributed by atoms with Crippen LogP contribution in [-0.2, 0) is 9.30 Å². The fraction of sp³-hybridized carbons (Fsp3) is 0.857. The SMILES string of the molecule is CCOC(C[N+](C)(C)C)=[P+]([O-])P(=O)(O)O. The Morgan fingerprint density at radius 1 is 1.47 bits per heavy atom. The Morgan fingerprint density at radius 3 is 2.20 bits per heavy atom. The first-order valence-electron chi connectivity index (χ1n) is 4.40. The molecule has 0 bridgehead atoms.